The highest BCUT2D eigenvalue weighted by Crippen LogP contribution is 2.18. The Hall–Kier alpha value is -2.31. The number of carbonyl (C=O) groups excluding carboxylic acids is 2. The number of hydrogen-bond donors (Lipinski definition) is 3. The third-order valence-corrected chi connectivity index (χ3v) is 2.85. The average molecular weight is 280 g/mol. The van der Waals surface area contributed by atoms with Crippen molar-refractivity contribution in [1.29, 1.82) is 0 Å². The summed E-state index contributed by atoms with van der Waals surface area (Å²) in [5, 5.41) is 14.1. The molecule has 108 valence electrons. The fourth-order valence-electron chi connectivity index (χ4n) is 1.64. The molecule has 1 aromatic rings. The first-order valence-corrected chi connectivity index (χ1v) is 6.47. The standard InChI is InChI=1S/C13H16N2O5/c16-11(15-8-3-4-8)2-1-7-14-12(17)9-5-6-10(20-9)13(18)19/h5-6,8H,1-4,7H2,(H,14,17)(H,15,16)(H,18,19). The van der Waals surface area contributed by atoms with Gasteiger partial charge in [-0.25, -0.2) is 4.79 Å². The molecule has 20 heavy (non-hydrogen) atoms. The van der Waals surface area contributed by atoms with Crippen LogP contribution in [-0.2, 0) is 4.79 Å². The zero-order chi connectivity index (χ0) is 14.5. The summed E-state index contributed by atoms with van der Waals surface area (Å²) in [5.74, 6) is -2.04. The topological polar surface area (TPSA) is 109 Å². The molecular weight excluding hydrogens is 264 g/mol. The molecule has 2 amide bonds. The predicted octanol–water partition coefficient (Wildman–Crippen LogP) is 0.766. The van der Waals surface area contributed by atoms with Crippen molar-refractivity contribution in [2.45, 2.75) is 31.7 Å². The van der Waals surface area contributed by atoms with E-state index in [4.69, 9.17) is 9.52 Å². The number of aromatic carboxylic acids is 1. The van der Waals surface area contributed by atoms with Gasteiger partial charge >= 0.3 is 5.97 Å². The summed E-state index contributed by atoms with van der Waals surface area (Å²) in [6.07, 6.45) is 2.98. The lowest BCUT2D eigenvalue weighted by Crippen LogP contribution is -2.28. The van der Waals surface area contributed by atoms with Gasteiger partial charge < -0.3 is 20.2 Å². The first kappa shape index (κ1) is 14.1. The molecule has 3 N–H and O–H groups in total. The van der Waals surface area contributed by atoms with Gasteiger partial charge in [0.15, 0.2) is 5.76 Å². The number of hydrogen-bond acceptors (Lipinski definition) is 4. The van der Waals surface area contributed by atoms with Crippen molar-refractivity contribution in [3.8, 4) is 0 Å². The lowest BCUT2D eigenvalue weighted by molar-refractivity contribution is -0.121. The Morgan fingerprint density at radius 3 is 2.55 bits per heavy atom. The minimum absolute atomic E-state index is 0.00656. The van der Waals surface area contributed by atoms with Gasteiger partial charge in [-0.3, -0.25) is 9.59 Å². The van der Waals surface area contributed by atoms with Gasteiger partial charge in [-0.2, -0.15) is 0 Å². The zero-order valence-corrected chi connectivity index (χ0v) is 10.8. The van der Waals surface area contributed by atoms with Crippen LogP contribution in [0.15, 0.2) is 16.5 Å². The van der Waals surface area contributed by atoms with E-state index in [1.807, 2.05) is 0 Å². The van der Waals surface area contributed by atoms with Gasteiger partial charge in [-0.05, 0) is 31.4 Å². The molecule has 0 spiro atoms. The van der Waals surface area contributed by atoms with Crippen molar-refractivity contribution >= 4 is 17.8 Å². The number of carboxylic acids is 1. The maximum absolute atomic E-state index is 11.6. The number of nitrogens with one attached hydrogen (secondary N) is 2. The zero-order valence-electron chi connectivity index (χ0n) is 10.8. The first-order chi connectivity index (χ1) is 9.56. The van der Waals surface area contributed by atoms with Crippen LogP contribution in [0.25, 0.3) is 0 Å². The van der Waals surface area contributed by atoms with Gasteiger partial charge in [0, 0.05) is 19.0 Å². The van der Waals surface area contributed by atoms with Crippen LogP contribution >= 0.6 is 0 Å². The summed E-state index contributed by atoms with van der Waals surface area (Å²) in [4.78, 5) is 33.6. The Morgan fingerprint density at radius 1 is 1.25 bits per heavy atom. The third kappa shape index (κ3) is 4.11. The number of carboxylic acid groups (broad SMARTS) is 1. The molecule has 1 fully saturated rings. The van der Waals surface area contributed by atoms with Crippen LogP contribution in [0.4, 0.5) is 0 Å². The SMILES string of the molecule is O=C(CCCNC(=O)c1ccc(C(=O)O)o1)NC1CC1. The molecule has 0 bridgehead atoms. The van der Waals surface area contributed by atoms with E-state index in [1.54, 1.807) is 0 Å². The highest BCUT2D eigenvalue weighted by molar-refractivity contribution is 5.93. The summed E-state index contributed by atoms with van der Waals surface area (Å²) in [5.41, 5.74) is 0. The molecule has 1 heterocycles. The van der Waals surface area contributed by atoms with E-state index in [0.29, 0.717) is 25.4 Å². The predicted molar refractivity (Wildman–Crippen MR) is 68.4 cm³/mol. The van der Waals surface area contributed by atoms with Crippen molar-refractivity contribution in [2.75, 3.05) is 6.54 Å². The molecule has 1 aliphatic rings. The number of carbonyl (C=O) groups is 3. The molecule has 1 aromatic heterocycles. The Labute approximate surface area is 115 Å². The number of amides is 2. The quantitative estimate of drug-likeness (QED) is 0.639. The monoisotopic (exact) mass is 280 g/mol. The van der Waals surface area contributed by atoms with E-state index in [0.717, 1.165) is 12.8 Å². The Kier molecular flexibility index (Phi) is 4.39. The lowest BCUT2D eigenvalue weighted by atomic mass is 10.3. The fourth-order valence-corrected chi connectivity index (χ4v) is 1.64. The number of rotatable bonds is 7. The highest BCUT2D eigenvalue weighted by Gasteiger charge is 2.22. The van der Waals surface area contributed by atoms with Gasteiger partial charge in [0.1, 0.15) is 0 Å². The molecule has 0 atom stereocenters. The van der Waals surface area contributed by atoms with Crippen LogP contribution in [0.3, 0.4) is 0 Å². The first-order valence-electron chi connectivity index (χ1n) is 6.47. The molecule has 0 unspecified atom stereocenters. The summed E-state index contributed by atoms with van der Waals surface area (Å²) in [7, 11) is 0. The molecule has 7 heteroatoms. The molecule has 0 saturated heterocycles. The Balaban J connectivity index is 1.66. The van der Waals surface area contributed by atoms with E-state index >= 15 is 0 Å². The van der Waals surface area contributed by atoms with Crippen LogP contribution in [0.2, 0.25) is 0 Å². The molecule has 0 aromatic carbocycles. The molecule has 0 aliphatic heterocycles. The van der Waals surface area contributed by atoms with Crippen molar-refractivity contribution in [1.82, 2.24) is 10.6 Å². The summed E-state index contributed by atoms with van der Waals surface area (Å²) in [6.45, 7) is 0.333. The molecule has 1 aliphatic carbocycles. The lowest BCUT2D eigenvalue weighted by Gasteiger charge is -2.04. The van der Waals surface area contributed by atoms with Gasteiger partial charge in [0.25, 0.3) is 5.91 Å². The second kappa shape index (κ2) is 6.23. The van der Waals surface area contributed by atoms with Crippen LogP contribution < -0.4 is 10.6 Å². The normalized spacial score (nSPS) is 13.8. The van der Waals surface area contributed by atoms with E-state index in [-0.39, 0.29) is 17.4 Å². The second-order valence-corrected chi connectivity index (χ2v) is 4.67. The van der Waals surface area contributed by atoms with Crippen molar-refractivity contribution < 1.29 is 23.9 Å². The minimum atomic E-state index is -1.22. The average Bonchev–Trinajstić information content (AvgIpc) is 3.07. The maximum Gasteiger partial charge on any atom is 0.371 e. The fraction of sp³-hybridized carbons (Fsp3) is 0.462. The molecule has 1 saturated carbocycles. The molecular formula is C13H16N2O5. The van der Waals surface area contributed by atoms with Crippen LogP contribution in [0, 0.1) is 0 Å². The van der Waals surface area contributed by atoms with Crippen molar-refractivity contribution in [3.05, 3.63) is 23.7 Å². The van der Waals surface area contributed by atoms with Crippen LogP contribution in [0.1, 0.15) is 46.8 Å². The largest absolute Gasteiger partial charge is 0.475 e. The van der Waals surface area contributed by atoms with Gasteiger partial charge in [0.2, 0.25) is 11.7 Å². The Bertz CT molecular complexity index is 519. The van der Waals surface area contributed by atoms with Gasteiger partial charge in [-0.15, -0.1) is 0 Å². The Morgan fingerprint density at radius 2 is 1.95 bits per heavy atom. The van der Waals surface area contributed by atoms with E-state index in [2.05, 4.69) is 10.6 Å². The van der Waals surface area contributed by atoms with Crippen LogP contribution in [0.5, 0.6) is 0 Å². The summed E-state index contributed by atoms with van der Waals surface area (Å²) in [6, 6.07) is 2.87. The van der Waals surface area contributed by atoms with Crippen molar-refractivity contribution in [2.24, 2.45) is 0 Å². The van der Waals surface area contributed by atoms with E-state index in [9.17, 15) is 14.4 Å². The molecule has 2 rings (SSSR count). The van der Waals surface area contributed by atoms with E-state index < -0.39 is 11.9 Å². The smallest absolute Gasteiger partial charge is 0.371 e. The highest BCUT2D eigenvalue weighted by atomic mass is 16.4. The minimum Gasteiger partial charge on any atom is -0.475 e. The third-order valence-electron chi connectivity index (χ3n) is 2.85. The molecule has 7 nitrogen and oxygen atoms in total. The summed E-state index contributed by atoms with van der Waals surface area (Å²) >= 11 is 0. The second-order valence-electron chi connectivity index (χ2n) is 4.67. The number of furan rings is 1. The van der Waals surface area contributed by atoms with E-state index in [1.165, 1.54) is 12.1 Å². The summed E-state index contributed by atoms with van der Waals surface area (Å²) < 4.78 is 4.86. The van der Waals surface area contributed by atoms with Gasteiger partial charge in [-0.1, -0.05) is 0 Å². The van der Waals surface area contributed by atoms with Crippen molar-refractivity contribution in [3.63, 3.8) is 0 Å². The molecule has 0 radical (unpaired) electrons. The van der Waals surface area contributed by atoms with Crippen LogP contribution in [-0.4, -0.2) is 35.5 Å². The van der Waals surface area contributed by atoms with Gasteiger partial charge in [0.05, 0.1) is 0 Å². The maximum atomic E-state index is 11.6.